The van der Waals surface area contributed by atoms with Crippen molar-refractivity contribution in [2.24, 2.45) is 0 Å². The Balaban J connectivity index is 1.25. The Hall–Kier alpha value is -4.10. The molecule has 1 nitrogen and oxygen atoms in total. The first-order valence-corrected chi connectivity index (χ1v) is 11.9. The Morgan fingerprint density at radius 3 is 1.79 bits per heavy atom. The van der Waals surface area contributed by atoms with Gasteiger partial charge in [0.2, 0.25) is 0 Å². The van der Waals surface area contributed by atoms with Gasteiger partial charge in [-0.25, -0.2) is 0 Å². The van der Waals surface area contributed by atoms with E-state index in [9.17, 15) is 0 Å². The second-order valence-corrected chi connectivity index (χ2v) is 9.58. The Kier molecular flexibility index (Phi) is 4.85. The van der Waals surface area contributed by atoms with Crippen molar-refractivity contribution >= 4 is 11.4 Å². The molecule has 0 aromatic heterocycles. The van der Waals surface area contributed by atoms with Gasteiger partial charge in [-0.15, -0.1) is 0 Å². The summed E-state index contributed by atoms with van der Waals surface area (Å²) in [5.41, 5.74) is 12.6. The molecule has 0 spiro atoms. The molecule has 0 aliphatic heterocycles. The monoisotopic (exact) mass is 437 g/mol. The van der Waals surface area contributed by atoms with Crippen LogP contribution in [0.15, 0.2) is 121 Å². The maximum absolute atomic E-state index is 3.61. The number of fused-ring (bicyclic) bond motifs is 3. The number of nitrogens with one attached hydrogen (secondary N) is 1. The van der Waals surface area contributed by atoms with Gasteiger partial charge in [-0.05, 0) is 74.8 Å². The minimum absolute atomic E-state index is 0.0112. The summed E-state index contributed by atoms with van der Waals surface area (Å²) >= 11 is 0. The Bertz CT molecular complexity index is 1480. The van der Waals surface area contributed by atoms with Crippen molar-refractivity contribution in [1.29, 1.82) is 0 Å². The number of anilines is 2. The van der Waals surface area contributed by atoms with E-state index in [1.54, 1.807) is 0 Å². The minimum Gasteiger partial charge on any atom is -0.356 e. The summed E-state index contributed by atoms with van der Waals surface area (Å²) in [5, 5.41) is 3.61. The lowest BCUT2D eigenvalue weighted by atomic mass is 9.82. The zero-order valence-corrected chi connectivity index (χ0v) is 19.5. The normalized spacial score (nSPS) is 13.2. The van der Waals surface area contributed by atoms with Crippen molar-refractivity contribution < 1.29 is 0 Å². The summed E-state index contributed by atoms with van der Waals surface area (Å²) in [6.07, 6.45) is 0. The maximum atomic E-state index is 3.61. The first kappa shape index (κ1) is 20.5. The molecule has 1 aliphatic rings. The average molecular weight is 438 g/mol. The van der Waals surface area contributed by atoms with Gasteiger partial charge < -0.3 is 5.32 Å². The van der Waals surface area contributed by atoms with Crippen LogP contribution in [0.1, 0.15) is 25.0 Å². The van der Waals surface area contributed by atoms with E-state index in [-0.39, 0.29) is 5.41 Å². The summed E-state index contributed by atoms with van der Waals surface area (Å²) in [6.45, 7) is 4.64. The second-order valence-electron chi connectivity index (χ2n) is 9.58. The van der Waals surface area contributed by atoms with Gasteiger partial charge >= 0.3 is 0 Å². The highest BCUT2D eigenvalue weighted by molar-refractivity contribution is 5.83. The molecule has 5 aromatic carbocycles. The zero-order chi connectivity index (χ0) is 23.1. The molecule has 1 aliphatic carbocycles. The predicted octanol–water partition coefficient (Wildman–Crippen LogP) is 9.07. The molecule has 1 heteroatoms. The predicted molar refractivity (Wildman–Crippen MR) is 145 cm³/mol. The number of benzene rings is 5. The molecule has 0 radical (unpaired) electrons. The van der Waals surface area contributed by atoms with Gasteiger partial charge in [0, 0.05) is 16.8 Å². The summed E-state index contributed by atoms with van der Waals surface area (Å²) in [6, 6.07) is 43.5. The highest BCUT2D eigenvalue weighted by atomic mass is 14.9. The van der Waals surface area contributed by atoms with E-state index in [1.165, 1.54) is 44.5 Å². The summed E-state index contributed by atoms with van der Waals surface area (Å²) in [7, 11) is 0. The van der Waals surface area contributed by atoms with Crippen LogP contribution in [0.3, 0.4) is 0 Å². The number of hydrogen-bond acceptors (Lipinski definition) is 1. The minimum atomic E-state index is 0.0112. The van der Waals surface area contributed by atoms with Crippen molar-refractivity contribution in [3.8, 4) is 33.4 Å². The molecule has 0 amide bonds. The first-order valence-electron chi connectivity index (χ1n) is 11.9. The molecule has 0 saturated carbocycles. The highest BCUT2D eigenvalue weighted by Crippen LogP contribution is 2.49. The molecular formula is C33H27N. The molecule has 1 N–H and O–H groups in total. The van der Waals surface area contributed by atoms with Crippen LogP contribution in [-0.2, 0) is 5.41 Å². The quantitative estimate of drug-likeness (QED) is 0.296. The molecule has 164 valence electrons. The summed E-state index contributed by atoms with van der Waals surface area (Å²) in [4.78, 5) is 0. The second kappa shape index (κ2) is 8.04. The van der Waals surface area contributed by atoms with Crippen molar-refractivity contribution in [2.75, 3.05) is 5.32 Å². The van der Waals surface area contributed by atoms with Crippen LogP contribution in [0.25, 0.3) is 33.4 Å². The van der Waals surface area contributed by atoms with Gasteiger partial charge in [0.1, 0.15) is 0 Å². The van der Waals surface area contributed by atoms with Crippen LogP contribution in [-0.4, -0.2) is 0 Å². The van der Waals surface area contributed by atoms with Gasteiger partial charge in [0.25, 0.3) is 0 Å². The van der Waals surface area contributed by atoms with Gasteiger partial charge in [-0.3, -0.25) is 0 Å². The van der Waals surface area contributed by atoms with E-state index < -0.39 is 0 Å². The molecule has 0 saturated heterocycles. The fraction of sp³-hybridized carbons (Fsp3) is 0.0909. The lowest BCUT2D eigenvalue weighted by Gasteiger charge is -2.22. The highest BCUT2D eigenvalue weighted by Gasteiger charge is 2.35. The standard InChI is InChI=1S/C33H27N/c1-33(2)31-14-7-6-13-29(31)30-20-19-28(22-32(30)33)34-27-17-15-24(16-18-27)26-12-8-11-25(21-26)23-9-4-3-5-10-23/h3-22,34H,1-2H3. The molecule has 0 fully saturated rings. The third-order valence-corrected chi connectivity index (χ3v) is 7.06. The largest absolute Gasteiger partial charge is 0.356 e. The van der Waals surface area contributed by atoms with Gasteiger partial charge in [-0.1, -0.05) is 105 Å². The number of hydrogen-bond donors (Lipinski definition) is 1. The lowest BCUT2D eigenvalue weighted by molar-refractivity contribution is 0.660. The van der Waals surface area contributed by atoms with E-state index in [2.05, 4.69) is 140 Å². The third kappa shape index (κ3) is 3.50. The topological polar surface area (TPSA) is 12.0 Å². The average Bonchev–Trinajstić information content (AvgIpc) is 3.12. The van der Waals surface area contributed by atoms with Gasteiger partial charge in [0.15, 0.2) is 0 Å². The molecule has 0 bridgehead atoms. The molecule has 0 unspecified atom stereocenters. The molecule has 34 heavy (non-hydrogen) atoms. The van der Waals surface area contributed by atoms with Gasteiger partial charge in [0.05, 0.1) is 0 Å². The van der Waals surface area contributed by atoms with Crippen molar-refractivity contribution in [3.05, 3.63) is 132 Å². The van der Waals surface area contributed by atoms with E-state index in [1.807, 2.05) is 0 Å². The van der Waals surface area contributed by atoms with E-state index in [0.29, 0.717) is 0 Å². The van der Waals surface area contributed by atoms with Crippen LogP contribution >= 0.6 is 0 Å². The molecule has 5 aromatic rings. The van der Waals surface area contributed by atoms with E-state index in [0.717, 1.165) is 11.4 Å². The Labute approximate surface area is 201 Å². The SMILES string of the molecule is CC1(C)c2ccccc2-c2ccc(Nc3ccc(-c4cccc(-c5ccccc5)c4)cc3)cc21. The molecule has 0 heterocycles. The Morgan fingerprint density at radius 2 is 1.03 bits per heavy atom. The molecular weight excluding hydrogens is 410 g/mol. The molecule has 0 atom stereocenters. The van der Waals surface area contributed by atoms with Crippen LogP contribution in [0.4, 0.5) is 11.4 Å². The smallest absolute Gasteiger partial charge is 0.0387 e. The van der Waals surface area contributed by atoms with Gasteiger partial charge in [-0.2, -0.15) is 0 Å². The van der Waals surface area contributed by atoms with Crippen LogP contribution in [0, 0.1) is 0 Å². The summed E-state index contributed by atoms with van der Waals surface area (Å²) < 4.78 is 0. The first-order chi connectivity index (χ1) is 16.6. The van der Waals surface area contributed by atoms with Crippen molar-refractivity contribution in [2.45, 2.75) is 19.3 Å². The van der Waals surface area contributed by atoms with Crippen molar-refractivity contribution in [1.82, 2.24) is 0 Å². The van der Waals surface area contributed by atoms with Crippen LogP contribution in [0.2, 0.25) is 0 Å². The fourth-order valence-electron chi connectivity index (χ4n) is 5.20. The van der Waals surface area contributed by atoms with E-state index in [4.69, 9.17) is 0 Å². The van der Waals surface area contributed by atoms with Crippen LogP contribution in [0.5, 0.6) is 0 Å². The maximum Gasteiger partial charge on any atom is 0.0387 e. The molecule has 6 rings (SSSR count). The van der Waals surface area contributed by atoms with E-state index >= 15 is 0 Å². The zero-order valence-electron chi connectivity index (χ0n) is 19.5. The lowest BCUT2D eigenvalue weighted by Crippen LogP contribution is -2.15. The van der Waals surface area contributed by atoms with Crippen molar-refractivity contribution in [3.63, 3.8) is 0 Å². The van der Waals surface area contributed by atoms with Crippen LogP contribution < -0.4 is 5.32 Å². The number of rotatable bonds is 4. The third-order valence-electron chi connectivity index (χ3n) is 7.06. The Morgan fingerprint density at radius 1 is 0.441 bits per heavy atom. The summed E-state index contributed by atoms with van der Waals surface area (Å²) in [5.74, 6) is 0. The fourth-order valence-corrected chi connectivity index (χ4v) is 5.20.